The Morgan fingerprint density at radius 3 is 2.90 bits per heavy atom. The summed E-state index contributed by atoms with van der Waals surface area (Å²) in [6, 6.07) is 8.47. The molecule has 1 aliphatic heterocycles. The lowest BCUT2D eigenvalue weighted by atomic mass is 10.0. The third kappa shape index (κ3) is 2.76. The number of hydrogen-bond donors (Lipinski definition) is 2. The molecule has 0 aliphatic carbocycles. The lowest BCUT2D eigenvalue weighted by Gasteiger charge is -2.15. The van der Waals surface area contributed by atoms with Gasteiger partial charge in [-0.15, -0.1) is 11.3 Å². The Morgan fingerprint density at radius 2 is 2.20 bits per heavy atom. The molecule has 5 heteroatoms. The highest BCUT2D eigenvalue weighted by Gasteiger charge is 2.20. The quantitative estimate of drug-likeness (QED) is 0.660. The number of nitrogens with one attached hydrogen (secondary N) is 1. The number of fused-ring (bicyclic) bond motifs is 1. The van der Waals surface area contributed by atoms with Crippen LogP contribution in [0, 0.1) is 6.92 Å². The lowest BCUT2D eigenvalue weighted by molar-refractivity contribution is 0.646. The number of rotatable bonds is 3. The molecule has 3 rings (SSSR count). The third-order valence-corrected chi connectivity index (χ3v) is 6.34. The molecule has 1 aromatic carbocycles. The molecule has 20 heavy (non-hydrogen) atoms. The largest absolute Gasteiger partial charge is 0.271 e. The maximum Gasteiger partial charge on any atom is 0.0803 e. The fourth-order valence-electron chi connectivity index (χ4n) is 2.44. The van der Waals surface area contributed by atoms with Gasteiger partial charge in [-0.3, -0.25) is 5.84 Å². The summed E-state index contributed by atoms with van der Waals surface area (Å²) in [5.41, 5.74) is 6.62. The van der Waals surface area contributed by atoms with Crippen LogP contribution in [0.15, 0.2) is 24.3 Å². The predicted molar refractivity (Wildman–Crippen MR) is 89.5 cm³/mol. The van der Waals surface area contributed by atoms with E-state index in [2.05, 4.69) is 17.6 Å². The average molecular weight is 325 g/mol. The molecule has 0 fully saturated rings. The van der Waals surface area contributed by atoms with E-state index in [1.807, 2.05) is 42.2 Å². The monoisotopic (exact) mass is 324 g/mol. The van der Waals surface area contributed by atoms with Gasteiger partial charge >= 0.3 is 0 Å². The number of hydrazine groups is 1. The third-order valence-electron chi connectivity index (χ3n) is 3.63. The zero-order valence-electron chi connectivity index (χ0n) is 11.3. The van der Waals surface area contributed by atoms with Gasteiger partial charge in [0, 0.05) is 20.5 Å². The minimum absolute atomic E-state index is 0.0219. The van der Waals surface area contributed by atoms with Crippen molar-refractivity contribution in [3.63, 3.8) is 0 Å². The van der Waals surface area contributed by atoms with E-state index in [0.29, 0.717) is 0 Å². The van der Waals surface area contributed by atoms with Crippen LogP contribution in [0.4, 0.5) is 0 Å². The summed E-state index contributed by atoms with van der Waals surface area (Å²) >= 11 is 10.1. The SMILES string of the molecule is Cc1ccc(C(NN)c2cc3c(s2)CCSC3)cc1Cl. The van der Waals surface area contributed by atoms with E-state index in [4.69, 9.17) is 17.4 Å². The van der Waals surface area contributed by atoms with Gasteiger partial charge in [0.1, 0.15) is 0 Å². The fourth-order valence-corrected chi connectivity index (χ4v) is 5.10. The number of aryl methyl sites for hydroxylation is 2. The molecule has 2 nitrogen and oxygen atoms in total. The van der Waals surface area contributed by atoms with Gasteiger partial charge in [0.2, 0.25) is 0 Å². The van der Waals surface area contributed by atoms with Crippen LogP contribution >= 0.6 is 34.7 Å². The standard InChI is InChI=1S/C15H17ClN2S2/c1-9-2-3-10(6-12(9)16)15(18-17)14-7-11-8-19-5-4-13(11)20-14/h2-3,6-7,15,18H,4-5,8,17H2,1H3. The molecule has 106 valence electrons. The van der Waals surface area contributed by atoms with Gasteiger partial charge in [0.15, 0.2) is 0 Å². The summed E-state index contributed by atoms with van der Waals surface area (Å²) in [5.74, 6) is 8.14. The van der Waals surface area contributed by atoms with E-state index >= 15 is 0 Å². The van der Waals surface area contributed by atoms with E-state index in [-0.39, 0.29) is 6.04 Å². The number of benzene rings is 1. The van der Waals surface area contributed by atoms with E-state index in [1.54, 1.807) is 0 Å². The molecule has 0 saturated heterocycles. The van der Waals surface area contributed by atoms with Crippen LogP contribution in [0.1, 0.15) is 32.5 Å². The fraction of sp³-hybridized carbons (Fsp3) is 0.333. The highest BCUT2D eigenvalue weighted by atomic mass is 35.5. The maximum atomic E-state index is 6.23. The molecule has 0 amide bonds. The topological polar surface area (TPSA) is 38.0 Å². The van der Waals surface area contributed by atoms with Crippen LogP contribution in [-0.4, -0.2) is 5.75 Å². The van der Waals surface area contributed by atoms with Crippen molar-refractivity contribution in [1.82, 2.24) is 5.43 Å². The number of thioether (sulfide) groups is 1. The first-order chi connectivity index (χ1) is 9.69. The Labute approximate surface area is 132 Å². The summed E-state index contributed by atoms with van der Waals surface area (Å²) < 4.78 is 0. The van der Waals surface area contributed by atoms with Gasteiger partial charge in [-0.2, -0.15) is 11.8 Å². The first-order valence-electron chi connectivity index (χ1n) is 6.60. The van der Waals surface area contributed by atoms with Crippen molar-refractivity contribution in [1.29, 1.82) is 0 Å². The van der Waals surface area contributed by atoms with E-state index in [1.165, 1.54) is 27.5 Å². The van der Waals surface area contributed by atoms with Gasteiger partial charge in [0.25, 0.3) is 0 Å². The molecule has 1 aromatic heterocycles. The summed E-state index contributed by atoms with van der Waals surface area (Å²) in [4.78, 5) is 2.79. The smallest absolute Gasteiger partial charge is 0.0803 e. The van der Waals surface area contributed by atoms with Crippen molar-refractivity contribution in [2.45, 2.75) is 25.1 Å². The van der Waals surface area contributed by atoms with E-state index in [9.17, 15) is 0 Å². The molecular formula is C15H17ClN2S2. The van der Waals surface area contributed by atoms with Crippen LogP contribution in [0.5, 0.6) is 0 Å². The van der Waals surface area contributed by atoms with Crippen LogP contribution in [0.3, 0.4) is 0 Å². The first-order valence-corrected chi connectivity index (χ1v) is 8.95. The van der Waals surface area contributed by atoms with Crippen molar-refractivity contribution in [2.24, 2.45) is 5.84 Å². The number of nitrogens with two attached hydrogens (primary N) is 1. The van der Waals surface area contributed by atoms with E-state index in [0.717, 1.165) is 21.9 Å². The Hall–Kier alpha value is -0.520. The second kappa shape index (κ2) is 6.08. The first kappa shape index (κ1) is 14.4. The number of hydrogen-bond acceptors (Lipinski definition) is 4. The molecule has 3 N–H and O–H groups in total. The maximum absolute atomic E-state index is 6.23. The summed E-state index contributed by atoms with van der Waals surface area (Å²) in [5, 5.41) is 0.791. The number of thiophene rings is 1. The van der Waals surface area contributed by atoms with Gasteiger partial charge in [-0.1, -0.05) is 23.7 Å². The summed E-state index contributed by atoms with van der Waals surface area (Å²) in [6.45, 7) is 2.01. The molecular weight excluding hydrogens is 308 g/mol. The van der Waals surface area contributed by atoms with Crippen LogP contribution in [-0.2, 0) is 12.2 Å². The highest BCUT2D eigenvalue weighted by molar-refractivity contribution is 7.98. The Morgan fingerprint density at radius 1 is 1.35 bits per heavy atom. The van der Waals surface area contributed by atoms with Crippen LogP contribution in [0.25, 0.3) is 0 Å². The van der Waals surface area contributed by atoms with Crippen molar-refractivity contribution in [3.8, 4) is 0 Å². The van der Waals surface area contributed by atoms with Gasteiger partial charge in [-0.05, 0) is 47.9 Å². The second-order valence-electron chi connectivity index (χ2n) is 5.01. The normalized spacial score (nSPS) is 15.9. The Balaban J connectivity index is 1.96. The molecule has 2 aromatic rings. The Bertz CT molecular complexity index is 601. The van der Waals surface area contributed by atoms with Gasteiger partial charge < -0.3 is 0 Å². The summed E-state index contributed by atoms with van der Waals surface area (Å²) in [7, 11) is 0. The molecule has 0 saturated carbocycles. The molecule has 1 unspecified atom stereocenters. The van der Waals surface area contributed by atoms with Crippen molar-refractivity contribution in [3.05, 3.63) is 55.7 Å². The molecule has 1 atom stereocenters. The van der Waals surface area contributed by atoms with Gasteiger partial charge in [-0.25, -0.2) is 5.43 Å². The number of halogens is 1. The van der Waals surface area contributed by atoms with Crippen LogP contribution < -0.4 is 11.3 Å². The zero-order chi connectivity index (χ0) is 14.1. The Kier molecular flexibility index (Phi) is 4.38. The van der Waals surface area contributed by atoms with Crippen molar-refractivity contribution >= 4 is 34.7 Å². The molecule has 0 bridgehead atoms. The van der Waals surface area contributed by atoms with Crippen molar-refractivity contribution < 1.29 is 0 Å². The highest BCUT2D eigenvalue weighted by Crippen LogP contribution is 2.36. The van der Waals surface area contributed by atoms with Crippen LogP contribution in [0.2, 0.25) is 5.02 Å². The molecule has 0 radical (unpaired) electrons. The van der Waals surface area contributed by atoms with Crippen molar-refractivity contribution in [2.75, 3.05) is 5.75 Å². The summed E-state index contributed by atoms with van der Waals surface area (Å²) in [6.07, 6.45) is 1.18. The lowest BCUT2D eigenvalue weighted by Crippen LogP contribution is -2.28. The molecule has 1 aliphatic rings. The minimum atomic E-state index is 0.0219. The predicted octanol–water partition coefficient (Wildman–Crippen LogP) is 4.05. The van der Waals surface area contributed by atoms with Gasteiger partial charge in [0.05, 0.1) is 6.04 Å². The molecule has 0 spiro atoms. The van der Waals surface area contributed by atoms with E-state index < -0.39 is 0 Å². The minimum Gasteiger partial charge on any atom is -0.271 e. The average Bonchev–Trinajstić information content (AvgIpc) is 2.87. The second-order valence-corrected chi connectivity index (χ2v) is 7.69. The zero-order valence-corrected chi connectivity index (χ0v) is 13.7. The molecule has 2 heterocycles.